The summed E-state index contributed by atoms with van der Waals surface area (Å²) < 4.78 is 68.5. The summed E-state index contributed by atoms with van der Waals surface area (Å²) in [6, 6.07) is 0. The highest BCUT2D eigenvalue weighted by Crippen LogP contribution is 2.45. The first-order valence-electron chi connectivity index (χ1n) is 39.4. The van der Waals surface area contributed by atoms with Gasteiger partial charge in [0.15, 0.2) is 12.2 Å². The lowest BCUT2D eigenvalue weighted by molar-refractivity contribution is -0.161. The Bertz CT molecular complexity index is 1860. The zero-order valence-corrected chi connectivity index (χ0v) is 63.9. The third kappa shape index (κ3) is 67.6. The van der Waals surface area contributed by atoms with Gasteiger partial charge >= 0.3 is 39.5 Å². The summed E-state index contributed by atoms with van der Waals surface area (Å²) in [6.07, 6.45) is 52.6. The van der Waals surface area contributed by atoms with Crippen molar-refractivity contribution in [2.75, 3.05) is 39.6 Å². The van der Waals surface area contributed by atoms with Gasteiger partial charge in [-0.3, -0.25) is 37.3 Å². The van der Waals surface area contributed by atoms with E-state index >= 15 is 0 Å². The van der Waals surface area contributed by atoms with Crippen LogP contribution in [0.3, 0.4) is 0 Å². The monoisotopic (exact) mass is 1400 g/mol. The lowest BCUT2D eigenvalue weighted by Crippen LogP contribution is -2.30. The Morgan fingerprint density at radius 1 is 0.305 bits per heavy atom. The molecular formula is C76H148O17P2. The van der Waals surface area contributed by atoms with E-state index in [-0.39, 0.29) is 25.7 Å². The Kier molecular flexibility index (Phi) is 65.2. The first kappa shape index (κ1) is 93.1. The van der Waals surface area contributed by atoms with Gasteiger partial charge in [-0.25, -0.2) is 9.13 Å². The zero-order valence-electron chi connectivity index (χ0n) is 62.1. The van der Waals surface area contributed by atoms with E-state index in [1.807, 2.05) is 0 Å². The maximum atomic E-state index is 13.1. The molecule has 19 heteroatoms. The van der Waals surface area contributed by atoms with Gasteiger partial charge in [0.2, 0.25) is 0 Å². The molecule has 0 aliphatic heterocycles. The summed E-state index contributed by atoms with van der Waals surface area (Å²) >= 11 is 0. The molecule has 0 aliphatic rings. The number of carbonyl (C=O) groups excluding carboxylic acids is 4. The number of aliphatic hydroxyl groups excluding tert-OH is 1. The van der Waals surface area contributed by atoms with E-state index in [9.17, 15) is 43.2 Å². The molecule has 0 aromatic heterocycles. The molecule has 3 N–H and O–H groups in total. The highest BCUT2D eigenvalue weighted by Gasteiger charge is 2.30. The summed E-state index contributed by atoms with van der Waals surface area (Å²) in [5, 5.41) is 10.6. The van der Waals surface area contributed by atoms with Gasteiger partial charge in [-0.1, -0.05) is 337 Å². The second kappa shape index (κ2) is 66.6. The Labute approximate surface area is 581 Å². The van der Waals surface area contributed by atoms with Crippen molar-refractivity contribution in [1.82, 2.24) is 0 Å². The topological polar surface area (TPSA) is 237 Å². The molecule has 0 fully saturated rings. The molecule has 0 aromatic carbocycles. The van der Waals surface area contributed by atoms with Crippen LogP contribution in [0.2, 0.25) is 0 Å². The van der Waals surface area contributed by atoms with Crippen LogP contribution in [0.1, 0.15) is 389 Å². The van der Waals surface area contributed by atoms with Crippen LogP contribution >= 0.6 is 15.6 Å². The number of hydrogen-bond acceptors (Lipinski definition) is 15. The molecule has 564 valence electrons. The third-order valence-corrected chi connectivity index (χ3v) is 20.3. The van der Waals surface area contributed by atoms with Gasteiger partial charge < -0.3 is 33.8 Å². The summed E-state index contributed by atoms with van der Waals surface area (Å²) in [5.74, 6) is 0.203. The molecule has 0 spiro atoms. The van der Waals surface area contributed by atoms with Gasteiger partial charge in [0.05, 0.1) is 26.4 Å². The highest BCUT2D eigenvalue weighted by molar-refractivity contribution is 7.47. The minimum absolute atomic E-state index is 0.105. The Morgan fingerprint density at radius 3 is 0.800 bits per heavy atom. The average Bonchev–Trinajstić information content (AvgIpc) is 3.31. The zero-order chi connectivity index (χ0) is 70.1. The van der Waals surface area contributed by atoms with Crippen LogP contribution in [0, 0.1) is 17.8 Å². The largest absolute Gasteiger partial charge is 0.472 e. The van der Waals surface area contributed by atoms with Crippen molar-refractivity contribution in [3.63, 3.8) is 0 Å². The van der Waals surface area contributed by atoms with Crippen LogP contribution in [-0.4, -0.2) is 96.7 Å². The van der Waals surface area contributed by atoms with Gasteiger partial charge in [0.25, 0.3) is 0 Å². The molecule has 4 unspecified atom stereocenters. The van der Waals surface area contributed by atoms with Crippen molar-refractivity contribution < 1.29 is 80.2 Å². The second-order valence-corrected chi connectivity index (χ2v) is 31.3. The van der Waals surface area contributed by atoms with E-state index in [4.69, 9.17) is 37.0 Å². The molecule has 0 amide bonds. The summed E-state index contributed by atoms with van der Waals surface area (Å²) in [4.78, 5) is 72.8. The molecule has 7 atom stereocenters. The lowest BCUT2D eigenvalue weighted by atomic mass is 9.99. The van der Waals surface area contributed by atoms with E-state index in [1.165, 1.54) is 193 Å². The molecule has 0 aromatic rings. The van der Waals surface area contributed by atoms with Gasteiger partial charge in [-0.05, 0) is 43.4 Å². The lowest BCUT2D eigenvalue weighted by Gasteiger charge is -2.21. The maximum absolute atomic E-state index is 13.1. The average molecular weight is 1400 g/mol. The van der Waals surface area contributed by atoms with Crippen molar-refractivity contribution in [1.29, 1.82) is 0 Å². The second-order valence-electron chi connectivity index (χ2n) is 28.4. The normalized spacial score (nSPS) is 14.6. The van der Waals surface area contributed by atoms with Crippen molar-refractivity contribution in [2.45, 2.75) is 407 Å². The molecule has 17 nitrogen and oxygen atoms in total. The molecule has 0 saturated carbocycles. The van der Waals surface area contributed by atoms with Gasteiger partial charge in [-0.2, -0.15) is 0 Å². The van der Waals surface area contributed by atoms with Gasteiger partial charge in [0.1, 0.15) is 19.3 Å². The number of phosphoric ester groups is 2. The Hall–Kier alpha value is -1.94. The number of ether oxygens (including phenoxy) is 4. The minimum Gasteiger partial charge on any atom is -0.462 e. The van der Waals surface area contributed by atoms with E-state index in [1.54, 1.807) is 0 Å². The van der Waals surface area contributed by atoms with Crippen molar-refractivity contribution in [2.24, 2.45) is 17.8 Å². The van der Waals surface area contributed by atoms with Crippen LogP contribution in [0.15, 0.2) is 0 Å². The molecule has 0 bridgehead atoms. The predicted molar refractivity (Wildman–Crippen MR) is 386 cm³/mol. The Balaban J connectivity index is 5.26. The fraction of sp³-hybridized carbons (Fsp3) is 0.947. The summed E-state index contributed by atoms with van der Waals surface area (Å²) in [7, 11) is -9.91. The van der Waals surface area contributed by atoms with Crippen molar-refractivity contribution in [3.05, 3.63) is 0 Å². The van der Waals surface area contributed by atoms with E-state index in [2.05, 4.69) is 48.5 Å². The van der Waals surface area contributed by atoms with Crippen molar-refractivity contribution >= 4 is 39.5 Å². The van der Waals surface area contributed by atoms with Crippen LogP contribution < -0.4 is 0 Å². The predicted octanol–water partition coefficient (Wildman–Crippen LogP) is 22.2. The first-order chi connectivity index (χ1) is 45.8. The van der Waals surface area contributed by atoms with Crippen LogP contribution in [0.5, 0.6) is 0 Å². The summed E-state index contributed by atoms with van der Waals surface area (Å²) in [6.45, 7) is 11.9. The molecular weight excluding hydrogens is 1250 g/mol. The standard InChI is InChI=1S/C76H148O17P2/c1-8-11-12-13-14-15-16-17-18-21-24-30-35-43-50-57-73(78)86-63-71(92-75(80)59-52-45-36-31-25-22-19-20-23-28-33-40-47-54-67(4)5)65-90-94(82,83)88-61-70(77)62-89-95(84,85)91-66-72(64-87-74(79)58-51-44-39-38-42-49-56-69(7)10-3)93-76(81)60-53-46-37-32-27-26-29-34-41-48-55-68(6)9-2/h67-72,77H,8-66H2,1-7H3,(H,82,83)(H,84,85)/t68?,69?,70-,71-,72-/m1/s1. The number of phosphoric acid groups is 2. The number of rotatable bonds is 74. The number of esters is 4. The van der Waals surface area contributed by atoms with Gasteiger partial charge in [0, 0.05) is 25.7 Å². The fourth-order valence-corrected chi connectivity index (χ4v) is 13.1. The molecule has 0 aliphatic carbocycles. The smallest absolute Gasteiger partial charge is 0.462 e. The van der Waals surface area contributed by atoms with Crippen LogP contribution in [-0.2, 0) is 65.4 Å². The molecule has 0 heterocycles. The molecule has 0 saturated heterocycles. The molecule has 0 radical (unpaired) electrons. The van der Waals surface area contributed by atoms with Crippen LogP contribution in [0.4, 0.5) is 0 Å². The number of aliphatic hydroxyl groups is 1. The SMILES string of the molecule is CCCCCCCCCCCCCCCCCC(=O)OC[C@H](COP(=O)(O)OC[C@@H](O)COP(=O)(O)OC[C@@H](COC(=O)CCCCCCCCC(C)CC)OC(=O)CCCCCCCCCCCCC(C)CC)OC(=O)CCCCCCCCCCCCCCCC(C)C. The van der Waals surface area contributed by atoms with E-state index < -0.39 is 97.5 Å². The first-order valence-corrected chi connectivity index (χ1v) is 42.4. The minimum atomic E-state index is -4.96. The highest BCUT2D eigenvalue weighted by atomic mass is 31.2. The number of hydrogen-bond donors (Lipinski definition) is 3. The number of unbranched alkanes of at least 4 members (excludes halogenated alkanes) is 40. The van der Waals surface area contributed by atoms with E-state index in [0.29, 0.717) is 25.7 Å². The molecule has 95 heavy (non-hydrogen) atoms. The third-order valence-electron chi connectivity index (χ3n) is 18.4. The van der Waals surface area contributed by atoms with Crippen LogP contribution in [0.25, 0.3) is 0 Å². The fourth-order valence-electron chi connectivity index (χ4n) is 11.5. The van der Waals surface area contributed by atoms with E-state index in [0.717, 1.165) is 114 Å². The maximum Gasteiger partial charge on any atom is 0.472 e. The van der Waals surface area contributed by atoms with Crippen molar-refractivity contribution in [3.8, 4) is 0 Å². The molecule has 0 rings (SSSR count). The summed E-state index contributed by atoms with van der Waals surface area (Å²) in [5.41, 5.74) is 0. The Morgan fingerprint density at radius 2 is 0.537 bits per heavy atom. The van der Waals surface area contributed by atoms with Gasteiger partial charge in [-0.15, -0.1) is 0 Å². The number of carbonyl (C=O) groups is 4. The quantitative estimate of drug-likeness (QED) is 0.0222.